The molecular weight excluding hydrogens is 436 g/mol. The molecule has 0 saturated carbocycles. The summed E-state index contributed by atoms with van der Waals surface area (Å²) in [4.78, 5) is 17.5. The third-order valence-corrected chi connectivity index (χ3v) is 8.43. The van der Waals surface area contributed by atoms with Gasteiger partial charge in [0.05, 0.1) is 0 Å². The topological polar surface area (TPSA) is 82.1 Å². The fourth-order valence-corrected chi connectivity index (χ4v) is 6.61. The molecule has 1 aromatic rings. The fourth-order valence-electron chi connectivity index (χ4n) is 5.09. The van der Waals surface area contributed by atoms with E-state index < -0.39 is 10.0 Å². The number of hydrogen-bond acceptors (Lipinski definition) is 5. The van der Waals surface area contributed by atoms with Crippen LogP contribution in [0.5, 0.6) is 0 Å². The molecule has 1 aromatic carbocycles. The van der Waals surface area contributed by atoms with E-state index in [1.165, 1.54) is 19.3 Å². The lowest BCUT2D eigenvalue weighted by Crippen LogP contribution is -2.44. The van der Waals surface area contributed by atoms with Crippen molar-refractivity contribution in [2.75, 3.05) is 39.3 Å². The minimum Gasteiger partial charge on any atom is -0.356 e. The third kappa shape index (κ3) is 5.49. The average molecular weight is 473 g/mol. The standard InChI is InChI=1S/C25H36N4O3S/c1-3-22-23(20-9-7-19(2)8-10-20)33(31,32)27-24(22)29-16-11-21(12-17-29)25(30)26-13-18-28-14-5-4-6-15-28/h7-10,21H,3-6,11-18H2,1-2H3,(H,26,30). The summed E-state index contributed by atoms with van der Waals surface area (Å²) in [7, 11) is -3.72. The first-order valence-corrected chi connectivity index (χ1v) is 13.7. The number of carbonyl (C=O) groups is 1. The number of piperidine rings is 2. The first-order valence-electron chi connectivity index (χ1n) is 12.3. The summed E-state index contributed by atoms with van der Waals surface area (Å²) in [6.07, 6.45) is 5.85. The van der Waals surface area contributed by atoms with Crippen LogP contribution in [0.25, 0.3) is 4.91 Å². The molecule has 3 aliphatic heterocycles. The van der Waals surface area contributed by atoms with Gasteiger partial charge in [-0.05, 0) is 57.7 Å². The third-order valence-electron chi connectivity index (χ3n) is 7.02. The highest BCUT2D eigenvalue weighted by Crippen LogP contribution is 2.36. The minimum atomic E-state index is -3.72. The van der Waals surface area contributed by atoms with Crippen LogP contribution in [0.1, 0.15) is 56.6 Å². The number of amidine groups is 1. The van der Waals surface area contributed by atoms with Gasteiger partial charge in [-0.25, -0.2) is 0 Å². The molecule has 3 aliphatic rings. The van der Waals surface area contributed by atoms with Gasteiger partial charge in [-0.15, -0.1) is 4.40 Å². The van der Waals surface area contributed by atoms with Crippen LogP contribution in [0.15, 0.2) is 34.2 Å². The second kappa shape index (κ2) is 10.4. The van der Waals surface area contributed by atoms with Gasteiger partial charge in [-0.1, -0.05) is 43.2 Å². The van der Waals surface area contributed by atoms with Crippen LogP contribution < -0.4 is 5.32 Å². The number of hydrogen-bond donors (Lipinski definition) is 1. The highest BCUT2D eigenvalue weighted by molar-refractivity contribution is 8.00. The second-order valence-electron chi connectivity index (χ2n) is 9.37. The first kappa shape index (κ1) is 24.0. The van der Waals surface area contributed by atoms with Gasteiger partial charge in [0.2, 0.25) is 5.91 Å². The van der Waals surface area contributed by atoms with Crippen molar-refractivity contribution in [1.82, 2.24) is 15.1 Å². The Morgan fingerprint density at radius 2 is 1.73 bits per heavy atom. The van der Waals surface area contributed by atoms with E-state index in [2.05, 4.69) is 19.5 Å². The van der Waals surface area contributed by atoms with Crippen LogP contribution in [0.3, 0.4) is 0 Å². The van der Waals surface area contributed by atoms with Crippen LogP contribution in [-0.4, -0.2) is 69.2 Å². The molecular formula is C25H36N4O3S. The summed E-state index contributed by atoms with van der Waals surface area (Å²) in [5.41, 5.74) is 2.56. The van der Waals surface area contributed by atoms with Crippen LogP contribution >= 0.6 is 0 Å². The molecule has 0 aliphatic carbocycles. The predicted molar refractivity (Wildman–Crippen MR) is 132 cm³/mol. The SMILES string of the molecule is CCC1=C(c2ccc(C)cc2)S(=O)(=O)N=C1N1CCC(C(=O)NCCN2CCCCC2)CC1. The van der Waals surface area contributed by atoms with Gasteiger partial charge in [0.1, 0.15) is 10.7 Å². The van der Waals surface area contributed by atoms with Gasteiger partial charge in [-0.2, -0.15) is 8.42 Å². The van der Waals surface area contributed by atoms with Crippen molar-refractivity contribution in [3.63, 3.8) is 0 Å². The van der Waals surface area contributed by atoms with E-state index in [0.29, 0.717) is 55.2 Å². The molecule has 7 nitrogen and oxygen atoms in total. The number of amides is 1. The predicted octanol–water partition coefficient (Wildman–Crippen LogP) is 3.17. The maximum Gasteiger partial charge on any atom is 0.285 e. The summed E-state index contributed by atoms with van der Waals surface area (Å²) in [6.45, 7) is 9.14. The first-order chi connectivity index (χ1) is 15.9. The average Bonchev–Trinajstić information content (AvgIpc) is 3.10. The van der Waals surface area contributed by atoms with Crippen LogP contribution in [0.2, 0.25) is 0 Å². The van der Waals surface area contributed by atoms with E-state index in [9.17, 15) is 13.2 Å². The van der Waals surface area contributed by atoms with Gasteiger partial charge >= 0.3 is 0 Å². The molecule has 1 N–H and O–H groups in total. The number of rotatable bonds is 6. The van der Waals surface area contributed by atoms with Gasteiger partial charge in [0.25, 0.3) is 10.0 Å². The van der Waals surface area contributed by atoms with Crippen LogP contribution in [0.4, 0.5) is 0 Å². The van der Waals surface area contributed by atoms with Gasteiger partial charge in [-0.3, -0.25) is 4.79 Å². The van der Waals surface area contributed by atoms with Crippen molar-refractivity contribution >= 4 is 26.7 Å². The minimum absolute atomic E-state index is 0.0214. The van der Waals surface area contributed by atoms with Crippen molar-refractivity contribution in [2.45, 2.75) is 52.4 Å². The Labute approximate surface area is 198 Å². The zero-order valence-electron chi connectivity index (χ0n) is 19.8. The molecule has 2 saturated heterocycles. The van der Waals surface area contributed by atoms with Gasteiger partial charge < -0.3 is 15.1 Å². The maximum atomic E-state index is 13.0. The number of likely N-dealkylation sites (tertiary alicyclic amines) is 2. The number of nitrogens with zero attached hydrogens (tertiary/aromatic N) is 3. The smallest absolute Gasteiger partial charge is 0.285 e. The molecule has 0 bridgehead atoms. The van der Waals surface area contributed by atoms with E-state index in [-0.39, 0.29) is 11.8 Å². The molecule has 8 heteroatoms. The molecule has 0 spiro atoms. The van der Waals surface area contributed by atoms with Crippen molar-refractivity contribution in [2.24, 2.45) is 10.3 Å². The monoisotopic (exact) mass is 472 g/mol. The van der Waals surface area contributed by atoms with Crippen LogP contribution in [0, 0.1) is 12.8 Å². The Balaban J connectivity index is 1.36. The van der Waals surface area contributed by atoms with E-state index >= 15 is 0 Å². The van der Waals surface area contributed by atoms with Crippen LogP contribution in [-0.2, 0) is 14.8 Å². The molecule has 1 amide bonds. The zero-order chi connectivity index (χ0) is 23.4. The normalized spacial score (nSPS) is 21.9. The Hall–Kier alpha value is -2.19. The Kier molecular flexibility index (Phi) is 7.54. The molecule has 0 unspecified atom stereocenters. The molecule has 33 heavy (non-hydrogen) atoms. The quantitative estimate of drug-likeness (QED) is 0.688. The molecule has 3 heterocycles. The maximum absolute atomic E-state index is 13.0. The summed E-state index contributed by atoms with van der Waals surface area (Å²) < 4.78 is 30.1. The van der Waals surface area contributed by atoms with E-state index in [1.807, 2.05) is 38.1 Å². The number of aryl methyl sites for hydroxylation is 1. The van der Waals surface area contributed by atoms with Crippen molar-refractivity contribution in [3.05, 3.63) is 41.0 Å². The molecule has 2 fully saturated rings. The molecule has 0 radical (unpaired) electrons. The highest BCUT2D eigenvalue weighted by atomic mass is 32.2. The molecule has 0 atom stereocenters. The molecule has 0 aromatic heterocycles. The van der Waals surface area contributed by atoms with Crippen molar-refractivity contribution in [3.8, 4) is 0 Å². The summed E-state index contributed by atoms with van der Waals surface area (Å²) in [5, 5.41) is 3.12. The number of carbonyl (C=O) groups excluding carboxylic acids is 1. The lowest BCUT2D eigenvalue weighted by atomic mass is 9.95. The number of sulfonamides is 1. The van der Waals surface area contributed by atoms with E-state index in [1.54, 1.807) is 0 Å². The second-order valence-corrected chi connectivity index (χ2v) is 10.9. The number of nitrogens with one attached hydrogen (secondary N) is 1. The fraction of sp³-hybridized carbons (Fsp3) is 0.600. The molecule has 180 valence electrons. The summed E-state index contributed by atoms with van der Waals surface area (Å²) in [6, 6.07) is 7.57. The van der Waals surface area contributed by atoms with E-state index in [4.69, 9.17) is 0 Å². The Morgan fingerprint density at radius 1 is 1.06 bits per heavy atom. The van der Waals surface area contributed by atoms with E-state index in [0.717, 1.165) is 30.8 Å². The zero-order valence-corrected chi connectivity index (χ0v) is 20.7. The Morgan fingerprint density at radius 3 is 2.36 bits per heavy atom. The number of benzene rings is 1. The van der Waals surface area contributed by atoms with Gasteiger partial charge in [0, 0.05) is 37.7 Å². The summed E-state index contributed by atoms with van der Waals surface area (Å²) in [5.74, 6) is 0.670. The van der Waals surface area contributed by atoms with Crippen molar-refractivity contribution < 1.29 is 13.2 Å². The molecule has 4 rings (SSSR count). The highest BCUT2D eigenvalue weighted by Gasteiger charge is 2.36. The summed E-state index contributed by atoms with van der Waals surface area (Å²) >= 11 is 0. The lowest BCUT2D eigenvalue weighted by Gasteiger charge is -2.33. The lowest BCUT2D eigenvalue weighted by molar-refractivity contribution is -0.126. The largest absolute Gasteiger partial charge is 0.356 e. The van der Waals surface area contributed by atoms with Gasteiger partial charge in [0.15, 0.2) is 0 Å². The Bertz CT molecular complexity index is 1020. The van der Waals surface area contributed by atoms with Crippen molar-refractivity contribution in [1.29, 1.82) is 0 Å².